The van der Waals surface area contributed by atoms with E-state index >= 15 is 0 Å². The fourth-order valence-electron chi connectivity index (χ4n) is 2.76. The molecule has 2 bridgehead atoms. The number of hydrogen-bond donors (Lipinski definition) is 1. The molecule has 0 unspecified atom stereocenters. The van der Waals surface area contributed by atoms with Gasteiger partial charge in [-0.05, 0) is 32.2 Å². The maximum atomic E-state index is 12.9. The van der Waals surface area contributed by atoms with Crippen LogP contribution in [0.4, 0.5) is 13.2 Å². The zero-order valence-corrected chi connectivity index (χ0v) is 10.0. The summed E-state index contributed by atoms with van der Waals surface area (Å²) in [4.78, 5) is 0. The number of nitrogens with one attached hydrogen (secondary N) is 1. The molecule has 0 amide bonds. The van der Waals surface area contributed by atoms with E-state index < -0.39 is 11.6 Å². The summed E-state index contributed by atoms with van der Waals surface area (Å²) in [6.07, 6.45) is 0.746. The molecule has 3 aliphatic rings. The smallest absolute Gasteiger partial charge is 0.308 e. The highest BCUT2D eigenvalue weighted by molar-refractivity contribution is 5.85. The van der Waals surface area contributed by atoms with Gasteiger partial charge in [0.25, 0.3) is 0 Å². The Balaban J connectivity index is 0.00000128. The molecule has 16 heavy (non-hydrogen) atoms. The van der Waals surface area contributed by atoms with E-state index in [1.807, 2.05) is 6.92 Å². The number of allylic oxidation sites excluding steroid dienone is 1. The van der Waals surface area contributed by atoms with Crippen LogP contribution in [0.5, 0.6) is 0 Å². The SMILES string of the molecule is CCNC12C=CC(C(F)(F)F)(CC1)CC2.Cl. The minimum Gasteiger partial charge on any atom is -0.308 e. The van der Waals surface area contributed by atoms with Crippen LogP contribution in [0, 0.1) is 5.41 Å². The molecule has 3 aliphatic carbocycles. The van der Waals surface area contributed by atoms with Crippen LogP contribution in [0.2, 0.25) is 0 Å². The van der Waals surface area contributed by atoms with Crippen molar-refractivity contribution in [3.8, 4) is 0 Å². The van der Waals surface area contributed by atoms with Gasteiger partial charge in [0.2, 0.25) is 0 Å². The zero-order valence-electron chi connectivity index (χ0n) is 9.23. The molecule has 0 aromatic carbocycles. The molecule has 0 heterocycles. The van der Waals surface area contributed by atoms with Gasteiger partial charge in [-0.1, -0.05) is 19.1 Å². The quantitative estimate of drug-likeness (QED) is 0.746. The Morgan fingerprint density at radius 2 is 1.69 bits per heavy atom. The molecule has 0 atom stereocenters. The van der Waals surface area contributed by atoms with Crippen molar-refractivity contribution in [2.24, 2.45) is 5.41 Å². The zero-order chi connectivity index (χ0) is 11.2. The standard InChI is InChI=1S/C11H16F3N.ClH/c1-2-15-10-6-3-9(4-7-10,5-8-10)11(12,13)14;/h3,6,15H,2,4-5,7-8H2,1H3;1H. The van der Waals surface area contributed by atoms with Crippen LogP contribution in [0.25, 0.3) is 0 Å². The first-order valence-electron chi connectivity index (χ1n) is 5.45. The summed E-state index contributed by atoms with van der Waals surface area (Å²) in [5.41, 5.74) is -1.67. The lowest BCUT2D eigenvalue weighted by Crippen LogP contribution is -2.55. The van der Waals surface area contributed by atoms with Gasteiger partial charge in [-0.2, -0.15) is 13.2 Å². The van der Waals surface area contributed by atoms with Crippen molar-refractivity contribution in [2.45, 2.75) is 44.3 Å². The van der Waals surface area contributed by atoms with E-state index in [1.54, 1.807) is 6.08 Å². The van der Waals surface area contributed by atoms with Gasteiger partial charge in [0.05, 0.1) is 5.41 Å². The lowest BCUT2D eigenvalue weighted by molar-refractivity contribution is -0.221. The summed E-state index contributed by atoms with van der Waals surface area (Å²) in [7, 11) is 0. The minimum atomic E-state index is -4.08. The third-order valence-electron chi connectivity index (χ3n) is 3.85. The molecule has 5 heteroatoms. The first kappa shape index (κ1) is 13.8. The van der Waals surface area contributed by atoms with E-state index in [0.717, 1.165) is 6.54 Å². The number of fused-ring (bicyclic) bond motifs is 2. The molecule has 1 fully saturated rings. The van der Waals surface area contributed by atoms with Crippen LogP contribution >= 0.6 is 12.4 Å². The molecule has 0 radical (unpaired) electrons. The maximum Gasteiger partial charge on any atom is 0.397 e. The topological polar surface area (TPSA) is 12.0 Å². The normalized spacial score (nSPS) is 37.2. The average Bonchev–Trinajstić information content (AvgIpc) is 2.19. The van der Waals surface area contributed by atoms with Crippen molar-refractivity contribution in [3.63, 3.8) is 0 Å². The second-order valence-corrected chi connectivity index (χ2v) is 4.67. The van der Waals surface area contributed by atoms with Gasteiger partial charge in [0.15, 0.2) is 0 Å². The maximum absolute atomic E-state index is 12.9. The Labute approximate surface area is 99.9 Å². The van der Waals surface area contributed by atoms with Gasteiger partial charge >= 0.3 is 6.18 Å². The molecular weight excluding hydrogens is 239 g/mol. The molecular formula is C11H17ClF3N. The highest BCUT2D eigenvalue weighted by atomic mass is 35.5. The monoisotopic (exact) mass is 255 g/mol. The Hall–Kier alpha value is -0.220. The first-order chi connectivity index (χ1) is 6.93. The fraction of sp³-hybridized carbons (Fsp3) is 0.818. The number of likely N-dealkylation sites (N-methyl/N-ethyl adjacent to an activating group) is 1. The van der Waals surface area contributed by atoms with E-state index in [9.17, 15) is 13.2 Å². The van der Waals surface area contributed by atoms with Crippen LogP contribution in [0.3, 0.4) is 0 Å². The highest BCUT2D eigenvalue weighted by Gasteiger charge is 2.58. The van der Waals surface area contributed by atoms with Crippen LogP contribution < -0.4 is 5.32 Å². The van der Waals surface area contributed by atoms with Crippen molar-refractivity contribution in [2.75, 3.05) is 6.54 Å². The molecule has 1 saturated carbocycles. The molecule has 0 spiro atoms. The van der Waals surface area contributed by atoms with E-state index in [-0.39, 0.29) is 30.8 Å². The lowest BCUT2D eigenvalue weighted by atomic mass is 9.61. The first-order valence-corrected chi connectivity index (χ1v) is 5.45. The predicted molar refractivity (Wildman–Crippen MR) is 59.8 cm³/mol. The molecule has 3 rings (SSSR count). The van der Waals surface area contributed by atoms with Crippen molar-refractivity contribution in [1.29, 1.82) is 0 Å². The molecule has 0 aromatic heterocycles. The van der Waals surface area contributed by atoms with Crippen molar-refractivity contribution in [3.05, 3.63) is 12.2 Å². The summed E-state index contributed by atoms with van der Waals surface area (Å²) in [5.74, 6) is 0. The highest BCUT2D eigenvalue weighted by Crippen LogP contribution is 2.55. The van der Waals surface area contributed by atoms with Crippen molar-refractivity contribution < 1.29 is 13.2 Å². The van der Waals surface area contributed by atoms with Gasteiger partial charge in [-0.15, -0.1) is 12.4 Å². The molecule has 0 aromatic rings. The second kappa shape index (κ2) is 4.22. The van der Waals surface area contributed by atoms with Gasteiger partial charge in [0.1, 0.15) is 0 Å². The van der Waals surface area contributed by atoms with Crippen LogP contribution in [-0.2, 0) is 0 Å². The Bertz CT molecular complexity index is 277. The van der Waals surface area contributed by atoms with Crippen LogP contribution in [-0.4, -0.2) is 18.3 Å². The van der Waals surface area contributed by atoms with Crippen molar-refractivity contribution in [1.82, 2.24) is 5.32 Å². The number of halogens is 4. The Kier molecular flexibility index (Phi) is 3.65. The summed E-state index contributed by atoms with van der Waals surface area (Å²) in [6.45, 7) is 2.80. The second-order valence-electron chi connectivity index (χ2n) is 4.67. The lowest BCUT2D eigenvalue weighted by Gasteiger charge is -2.49. The van der Waals surface area contributed by atoms with E-state index in [1.165, 1.54) is 6.08 Å². The molecule has 94 valence electrons. The Morgan fingerprint density at radius 1 is 1.12 bits per heavy atom. The molecule has 0 aliphatic heterocycles. The fourth-order valence-corrected chi connectivity index (χ4v) is 2.76. The number of alkyl halides is 3. The summed E-state index contributed by atoms with van der Waals surface area (Å²) in [6, 6.07) is 0. The largest absolute Gasteiger partial charge is 0.397 e. The number of rotatable bonds is 2. The van der Waals surface area contributed by atoms with Crippen LogP contribution in [0.1, 0.15) is 32.6 Å². The predicted octanol–water partition coefficient (Wildman–Crippen LogP) is 3.45. The molecule has 0 saturated heterocycles. The van der Waals surface area contributed by atoms with Crippen molar-refractivity contribution >= 4 is 12.4 Å². The van der Waals surface area contributed by atoms with Gasteiger partial charge in [-0.3, -0.25) is 0 Å². The van der Waals surface area contributed by atoms with E-state index in [4.69, 9.17) is 0 Å². The van der Waals surface area contributed by atoms with E-state index in [2.05, 4.69) is 5.32 Å². The average molecular weight is 256 g/mol. The minimum absolute atomic E-state index is 0. The van der Waals surface area contributed by atoms with Gasteiger partial charge in [-0.25, -0.2) is 0 Å². The number of hydrogen-bond acceptors (Lipinski definition) is 1. The third kappa shape index (κ3) is 1.97. The summed E-state index contributed by atoms with van der Waals surface area (Å²) < 4.78 is 38.6. The molecule has 1 nitrogen and oxygen atoms in total. The summed E-state index contributed by atoms with van der Waals surface area (Å²) in [5, 5.41) is 3.30. The third-order valence-corrected chi connectivity index (χ3v) is 3.85. The summed E-state index contributed by atoms with van der Waals surface area (Å²) >= 11 is 0. The van der Waals surface area contributed by atoms with E-state index in [0.29, 0.717) is 12.8 Å². The Morgan fingerprint density at radius 3 is 2.00 bits per heavy atom. The van der Waals surface area contributed by atoms with Gasteiger partial charge < -0.3 is 5.32 Å². The van der Waals surface area contributed by atoms with Crippen LogP contribution in [0.15, 0.2) is 12.2 Å². The van der Waals surface area contributed by atoms with Gasteiger partial charge in [0, 0.05) is 5.54 Å². The molecule has 1 N–H and O–H groups in total.